The number of anilines is 1. The average molecular weight is 335 g/mol. The average Bonchev–Trinajstić information content (AvgIpc) is 3.17. The van der Waals surface area contributed by atoms with Gasteiger partial charge in [0.15, 0.2) is 0 Å². The van der Waals surface area contributed by atoms with Crippen LogP contribution < -0.4 is 5.32 Å². The Bertz CT molecular complexity index is 871. The number of aromatic nitrogens is 2. The molecule has 3 rings (SSSR count). The molecule has 2 heterocycles. The van der Waals surface area contributed by atoms with Crippen LogP contribution in [0.5, 0.6) is 0 Å². The van der Waals surface area contributed by atoms with Crippen LogP contribution in [0.3, 0.4) is 0 Å². The van der Waals surface area contributed by atoms with Gasteiger partial charge in [0.1, 0.15) is 11.4 Å². The van der Waals surface area contributed by atoms with Gasteiger partial charge in [0.2, 0.25) is 0 Å². The first kappa shape index (κ1) is 16.4. The smallest absolute Gasteiger partial charge is 0.341 e. The fourth-order valence-corrected chi connectivity index (χ4v) is 2.35. The van der Waals surface area contributed by atoms with Gasteiger partial charge in [-0.2, -0.15) is 0 Å². The number of nitrogens with one attached hydrogen (secondary N) is 1. The molecule has 0 aliphatic heterocycles. The first-order valence-corrected chi connectivity index (χ1v) is 7.86. The van der Waals surface area contributed by atoms with Crippen LogP contribution >= 0.6 is 0 Å². The molecule has 0 atom stereocenters. The maximum atomic E-state index is 12.4. The van der Waals surface area contributed by atoms with E-state index in [1.807, 2.05) is 41.2 Å². The van der Waals surface area contributed by atoms with E-state index in [2.05, 4.69) is 10.3 Å². The second kappa shape index (κ2) is 7.44. The fourth-order valence-electron chi connectivity index (χ4n) is 2.35. The van der Waals surface area contributed by atoms with Gasteiger partial charge in [0.25, 0.3) is 5.91 Å². The summed E-state index contributed by atoms with van der Waals surface area (Å²) in [5, 5.41) is 2.66. The predicted octanol–water partition coefficient (Wildman–Crippen LogP) is 3.30. The van der Waals surface area contributed by atoms with Crippen molar-refractivity contribution in [2.24, 2.45) is 0 Å². The largest absolute Gasteiger partial charge is 0.462 e. The lowest BCUT2D eigenvalue weighted by Gasteiger charge is -2.10. The minimum atomic E-state index is -0.520. The Balaban J connectivity index is 1.78. The second-order valence-electron chi connectivity index (χ2n) is 5.21. The summed E-state index contributed by atoms with van der Waals surface area (Å²) < 4.78 is 6.92. The van der Waals surface area contributed by atoms with Gasteiger partial charge in [0.05, 0.1) is 6.61 Å². The molecule has 0 aliphatic carbocycles. The van der Waals surface area contributed by atoms with Crippen molar-refractivity contribution in [3.63, 3.8) is 0 Å². The van der Waals surface area contributed by atoms with Crippen molar-refractivity contribution < 1.29 is 14.3 Å². The van der Waals surface area contributed by atoms with E-state index in [1.165, 1.54) is 6.20 Å². The van der Waals surface area contributed by atoms with Gasteiger partial charge in [-0.25, -0.2) is 9.78 Å². The number of benzene rings is 1. The summed E-state index contributed by atoms with van der Waals surface area (Å²) in [6.45, 7) is 1.97. The first-order valence-electron chi connectivity index (χ1n) is 7.86. The zero-order valence-electron chi connectivity index (χ0n) is 13.7. The molecule has 0 saturated carbocycles. The minimum absolute atomic E-state index is 0.181. The molecule has 0 fully saturated rings. The van der Waals surface area contributed by atoms with E-state index in [1.54, 1.807) is 31.2 Å². The molecule has 0 unspecified atom stereocenters. The lowest BCUT2D eigenvalue weighted by molar-refractivity contribution is 0.0527. The molecule has 0 spiro atoms. The highest BCUT2D eigenvalue weighted by atomic mass is 16.5. The molecule has 0 aliphatic rings. The predicted molar refractivity (Wildman–Crippen MR) is 93.9 cm³/mol. The molecule has 6 nitrogen and oxygen atoms in total. The van der Waals surface area contributed by atoms with Crippen molar-refractivity contribution in [2.75, 3.05) is 11.9 Å². The van der Waals surface area contributed by atoms with Crippen LogP contribution in [-0.4, -0.2) is 28.0 Å². The molecular formula is C19H17N3O3. The van der Waals surface area contributed by atoms with Crippen molar-refractivity contribution in [3.8, 4) is 5.69 Å². The van der Waals surface area contributed by atoms with Gasteiger partial charge in [-0.1, -0.05) is 0 Å². The van der Waals surface area contributed by atoms with E-state index in [-0.39, 0.29) is 23.9 Å². The van der Waals surface area contributed by atoms with Gasteiger partial charge in [-0.05, 0) is 55.5 Å². The van der Waals surface area contributed by atoms with Crippen LogP contribution in [0.1, 0.15) is 27.6 Å². The number of pyridine rings is 1. The first-order chi connectivity index (χ1) is 12.2. The number of carbonyl (C=O) groups is 2. The third-order valence-corrected chi connectivity index (χ3v) is 3.57. The van der Waals surface area contributed by atoms with Crippen molar-refractivity contribution >= 4 is 17.7 Å². The number of esters is 1. The van der Waals surface area contributed by atoms with Crippen LogP contribution in [0.15, 0.2) is 67.1 Å². The molecule has 3 aromatic rings. The lowest BCUT2D eigenvalue weighted by atomic mass is 10.2. The number of rotatable bonds is 5. The summed E-state index contributed by atoms with van der Waals surface area (Å²) >= 11 is 0. The van der Waals surface area contributed by atoms with Gasteiger partial charge >= 0.3 is 5.97 Å². The van der Waals surface area contributed by atoms with Gasteiger partial charge < -0.3 is 14.6 Å². The lowest BCUT2D eigenvalue weighted by Crippen LogP contribution is -2.17. The van der Waals surface area contributed by atoms with Crippen molar-refractivity contribution in [3.05, 3.63) is 78.2 Å². The summed E-state index contributed by atoms with van der Waals surface area (Å²) in [7, 11) is 0. The highest BCUT2D eigenvalue weighted by molar-refractivity contribution is 6.07. The molecule has 25 heavy (non-hydrogen) atoms. The zero-order chi connectivity index (χ0) is 17.6. The van der Waals surface area contributed by atoms with Crippen molar-refractivity contribution in [2.45, 2.75) is 6.92 Å². The standard InChI is InChI=1S/C19H17N3O3/c1-2-25-19(24)16-6-5-11-20-17(16)21-18(23)14-7-9-15(10-8-14)22-12-3-4-13-22/h3-13H,2H2,1H3,(H,20,21,23). The summed E-state index contributed by atoms with van der Waals surface area (Å²) in [5.41, 5.74) is 1.64. The molecule has 0 radical (unpaired) electrons. The second-order valence-corrected chi connectivity index (χ2v) is 5.21. The molecule has 0 bridgehead atoms. The Morgan fingerprint density at radius 3 is 2.48 bits per heavy atom. The molecule has 126 valence electrons. The number of nitrogens with zero attached hydrogens (tertiary/aromatic N) is 2. The van der Waals surface area contributed by atoms with Crippen molar-refractivity contribution in [1.29, 1.82) is 0 Å². The highest BCUT2D eigenvalue weighted by Crippen LogP contribution is 2.16. The van der Waals surface area contributed by atoms with E-state index in [0.717, 1.165) is 5.69 Å². The molecule has 2 aromatic heterocycles. The summed E-state index contributed by atoms with van der Waals surface area (Å²) in [4.78, 5) is 28.4. The molecule has 0 saturated heterocycles. The minimum Gasteiger partial charge on any atom is -0.462 e. The molecule has 1 N–H and O–H groups in total. The number of ether oxygens (including phenoxy) is 1. The van der Waals surface area contributed by atoms with E-state index in [4.69, 9.17) is 4.74 Å². The van der Waals surface area contributed by atoms with E-state index in [9.17, 15) is 9.59 Å². The zero-order valence-corrected chi connectivity index (χ0v) is 13.7. The van der Waals surface area contributed by atoms with E-state index in [0.29, 0.717) is 5.56 Å². The quantitative estimate of drug-likeness (QED) is 0.726. The Kier molecular flexibility index (Phi) is 4.89. The SMILES string of the molecule is CCOC(=O)c1cccnc1NC(=O)c1ccc(-n2cccc2)cc1. The third kappa shape index (κ3) is 3.74. The topological polar surface area (TPSA) is 73.2 Å². The summed E-state index contributed by atoms with van der Waals surface area (Å²) in [6, 6.07) is 14.2. The Morgan fingerprint density at radius 1 is 1.08 bits per heavy atom. The molecule has 1 amide bonds. The van der Waals surface area contributed by atoms with Gasteiger partial charge in [-0.3, -0.25) is 4.79 Å². The monoisotopic (exact) mass is 335 g/mol. The Hall–Kier alpha value is -3.41. The van der Waals surface area contributed by atoms with Crippen LogP contribution in [0, 0.1) is 0 Å². The maximum Gasteiger partial charge on any atom is 0.341 e. The number of hydrogen-bond acceptors (Lipinski definition) is 4. The molecule has 1 aromatic carbocycles. The van der Waals surface area contributed by atoms with E-state index < -0.39 is 5.97 Å². The highest BCUT2D eigenvalue weighted by Gasteiger charge is 2.16. The van der Waals surface area contributed by atoms with Crippen LogP contribution in [0.4, 0.5) is 5.82 Å². The summed E-state index contributed by atoms with van der Waals surface area (Å²) in [5.74, 6) is -0.683. The normalized spacial score (nSPS) is 10.3. The number of amides is 1. The molecule has 6 heteroatoms. The van der Waals surface area contributed by atoms with Crippen molar-refractivity contribution in [1.82, 2.24) is 9.55 Å². The molecular weight excluding hydrogens is 318 g/mol. The Labute approximate surface area is 145 Å². The van der Waals surface area contributed by atoms with Gasteiger partial charge in [0, 0.05) is 29.8 Å². The number of hydrogen-bond donors (Lipinski definition) is 1. The number of carbonyl (C=O) groups excluding carboxylic acids is 2. The van der Waals surface area contributed by atoms with Gasteiger partial charge in [-0.15, -0.1) is 0 Å². The fraction of sp³-hybridized carbons (Fsp3) is 0.105. The van der Waals surface area contributed by atoms with Crippen LogP contribution in [0.25, 0.3) is 5.69 Å². The summed E-state index contributed by atoms with van der Waals surface area (Å²) in [6.07, 6.45) is 5.36. The third-order valence-electron chi connectivity index (χ3n) is 3.57. The maximum absolute atomic E-state index is 12.4. The van der Waals surface area contributed by atoms with Crippen LogP contribution in [-0.2, 0) is 4.74 Å². The Morgan fingerprint density at radius 2 is 1.80 bits per heavy atom. The van der Waals surface area contributed by atoms with E-state index >= 15 is 0 Å². The van der Waals surface area contributed by atoms with Crippen LogP contribution in [0.2, 0.25) is 0 Å².